The van der Waals surface area contributed by atoms with Gasteiger partial charge in [-0.15, -0.1) is 0 Å². The van der Waals surface area contributed by atoms with Crippen LogP contribution in [0.2, 0.25) is 5.02 Å². The summed E-state index contributed by atoms with van der Waals surface area (Å²) in [6, 6.07) is 1.95. The van der Waals surface area contributed by atoms with Gasteiger partial charge < -0.3 is 0 Å². The summed E-state index contributed by atoms with van der Waals surface area (Å²) in [4.78, 5) is -0.956. The maximum atomic E-state index is 13.8. The van der Waals surface area contributed by atoms with Crippen molar-refractivity contribution in [3.05, 3.63) is 27.4 Å². The maximum Gasteiger partial charge on any atom is 0.407 e. The van der Waals surface area contributed by atoms with Crippen LogP contribution < -0.4 is 4.72 Å². The van der Waals surface area contributed by atoms with Crippen LogP contribution in [0.3, 0.4) is 0 Å². The smallest absolute Gasteiger partial charge is 0.207 e. The van der Waals surface area contributed by atoms with Gasteiger partial charge in [0, 0.05) is 4.47 Å². The summed E-state index contributed by atoms with van der Waals surface area (Å²) in [5, 5.41) is -0.530. The Hall–Kier alpha value is -0.380. The highest BCUT2D eigenvalue weighted by atomic mass is 79.9. The third-order valence-electron chi connectivity index (χ3n) is 2.39. The van der Waals surface area contributed by atoms with E-state index in [4.69, 9.17) is 11.6 Å². The van der Waals surface area contributed by atoms with Gasteiger partial charge in [0.25, 0.3) is 0 Å². The number of hydrogen-bond acceptors (Lipinski definition) is 2. The fourth-order valence-corrected chi connectivity index (χ4v) is 3.17. The molecule has 1 rings (SSSR count). The minimum Gasteiger partial charge on any atom is -0.207 e. The molecule has 0 atom stereocenters. The summed E-state index contributed by atoms with van der Waals surface area (Å²) >= 11 is 8.39. The van der Waals surface area contributed by atoms with Crippen LogP contribution in [-0.4, -0.2) is 20.1 Å². The minimum atomic E-state index is -4.84. The van der Waals surface area contributed by atoms with E-state index in [9.17, 15) is 26.0 Å². The van der Waals surface area contributed by atoms with Crippen molar-refractivity contribution >= 4 is 37.6 Å². The van der Waals surface area contributed by atoms with Crippen molar-refractivity contribution in [3.63, 3.8) is 0 Å². The van der Waals surface area contributed by atoms with Gasteiger partial charge in [0.2, 0.25) is 10.0 Å². The van der Waals surface area contributed by atoms with E-state index in [0.717, 1.165) is 12.1 Å². The molecule has 0 aromatic heterocycles. The maximum absolute atomic E-state index is 13.8. The van der Waals surface area contributed by atoms with E-state index >= 15 is 0 Å². The fraction of sp³-hybridized carbons (Fsp3) is 0.400. The van der Waals surface area contributed by atoms with Crippen LogP contribution in [0.5, 0.6) is 0 Å². The molecule has 114 valence electrons. The van der Waals surface area contributed by atoms with E-state index in [1.54, 1.807) is 0 Å². The summed E-state index contributed by atoms with van der Waals surface area (Å²) in [5.74, 6) is -1.33. The van der Waals surface area contributed by atoms with Crippen molar-refractivity contribution in [2.45, 2.75) is 30.5 Å². The number of sulfonamides is 1. The molecule has 0 aliphatic carbocycles. The second-order valence-corrected chi connectivity index (χ2v) is 7.28. The Balaban J connectivity index is 3.30. The lowest BCUT2D eigenvalue weighted by Crippen LogP contribution is -2.54. The van der Waals surface area contributed by atoms with E-state index in [1.165, 1.54) is 4.72 Å². The summed E-state index contributed by atoms with van der Waals surface area (Å²) in [6.07, 6.45) is -4.84. The molecule has 20 heavy (non-hydrogen) atoms. The average Bonchev–Trinajstić information content (AvgIpc) is 2.22. The normalized spacial score (nSPS) is 13.6. The molecule has 0 saturated carbocycles. The van der Waals surface area contributed by atoms with Gasteiger partial charge in [-0.2, -0.15) is 17.9 Å². The van der Waals surface area contributed by atoms with Crippen molar-refractivity contribution in [1.29, 1.82) is 0 Å². The summed E-state index contributed by atoms with van der Waals surface area (Å²) < 4.78 is 77.0. The lowest BCUT2D eigenvalue weighted by atomic mass is 10.1. The Morgan fingerprint density at radius 1 is 1.25 bits per heavy atom. The second kappa shape index (κ2) is 5.43. The van der Waals surface area contributed by atoms with Crippen molar-refractivity contribution in [2.24, 2.45) is 0 Å². The molecule has 1 aromatic rings. The molecule has 10 heteroatoms. The molecular formula is C10H9BrClF4NO2S. The number of benzene rings is 1. The first-order chi connectivity index (χ1) is 8.79. The van der Waals surface area contributed by atoms with E-state index in [-0.39, 0.29) is 4.47 Å². The molecule has 0 unspecified atom stereocenters. The van der Waals surface area contributed by atoms with Gasteiger partial charge in [-0.3, -0.25) is 0 Å². The number of halogens is 6. The molecule has 0 amide bonds. The zero-order valence-electron chi connectivity index (χ0n) is 10.1. The van der Waals surface area contributed by atoms with Gasteiger partial charge in [-0.05, 0) is 41.9 Å². The van der Waals surface area contributed by atoms with Crippen LogP contribution in [0, 0.1) is 5.82 Å². The summed E-state index contributed by atoms with van der Waals surface area (Å²) in [6.45, 7) is 1.26. The summed E-state index contributed by atoms with van der Waals surface area (Å²) in [7, 11) is -4.72. The van der Waals surface area contributed by atoms with E-state index < -0.39 is 37.5 Å². The zero-order chi connectivity index (χ0) is 15.9. The third kappa shape index (κ3) is 3.44. The van der Waals surface area contributed by atoms with Gasteiger partial charge in [0.1, 0.15) is 10.4 Å². The number of rotatable bonds is 3. The molecule has 0 heterocycles. The third-order valence-corrected chi connectivity index (χ3v) is 5.32. The lowest BCUT2D eigenvalue weighted by Gasteiger charge is -2.28. The molecule has 0 fully saturated rings. The van der Waals surface area contributed by atoms with Crippen molar-refractivity contribution < 1.29 is 26.0 Å². The topological polar surface area (TPSA) is 46.2 Å². The van der Waals surface area contributed by atoms with Crippen LogP contribution >= 0.6 is 27.5 Å². The fourth-order valence-electron chi connectivity index (χ4n) is 1.16. The van der Waals surface area contributed by atoms with E-state index in [1.807, 2.05) is 0 Å². The number of hydrogen-bond donors (Lipinski definition) is 1. The lowest BCUT2D eigenvalue weighted by molar-refractivity contribution is -0.180. The van der Waals surface area contributed by atoms with Crippen LogP contribution in [-0.2, 0) is 10.0 Å². The highest BCUT2D eigenvalue weighted by Gasteiger charge is 2.50. The minimum absolute atomic E-state index is 0.0886. The zero-order valence-corrected chi connectivity index (χ0v) is 13.3. The molecular weight excluding hydrogens is 390 g/mol. The molecule has 0 aliphatic heterocycles. The van der Waals surface area contributed by atoms with Crippen molar-refractivity contribution in [1.82, 2.24) is 4.72 Å². The summed E-state index contributed by atoms with van der Waals surface area (Å²) in [5.41, 5.74) is -2.75. The molecule has 1 N–H and O–H groups in total. The van der Waals surface area contributed by atoms with Gasteiger partial charge in [-0.1, -0.05) is 11.6 Å². The van der Waals surface area contributed by atoms with Crippen molar-refractivity contribution in [3.8, 4) is 0 Å². The van der Waals surface area contributed by atoms with Gasteiger partial charge in [0.15, 0.2) is 5.82 Å². The molecule has 1 aromatic carbocycles. The highest BCUT2D eigenvalue weighted by molar-refractivity contribution is 9.10. The molecule has 0 radical (unpaired) electrons. The first-order valence-electron chi connectivity index (χ1n) is 5.04. The van der Waals surface area contributed by atoms with Crippen LogP contribution in [0.4, 0.5) is 17.6 Å². The Kier molecular flexibility index (Phi) is 4.80. The quantitative estimate of drug-likeness (QED) is 0.621. The number of nitrogens with one attached hydrogen (secondary N) is 1. The first kappa shape index (κ1) is 17.7. The first-order valence-corrected chi connectivity index (χ1v) is 7.69. The monoisotopic (exact) mass is 397 g/mol. The predicted molar refractivity (Wildman–Crippen MR) is 69.6 cm³/mol. The Morgan fingerprint density at radius 3 is 2.20 bits per heavy atom. The molecule has 0 saturated heterocycles. The van der Waals surface area contributed by atoms with E-state index in [0.29, 0.717) is 13.8 Å². The molecule has 0 spiro atoms. The molecule has 0 aliphatic rings. The largest absolute Gasteiger partial charge is 0.407 e. The van der Waals surface area contributed by atoms with Gasteiger partial charge in [0.05, 0.1) is 5.02 Å². The Bertz CT molecular complexity index is 631. The van der Waals surface area contributed by atoms with Crippen molar-refractivity contribution in [2.75, 3.05) is 0 Å². The predicted octanol–water partition coefficient (Wildman–Crippen LogP) is 3.86. The molecule has 3 nitrogen and oxygen atoms in total. The van der Waals surface area contributed by atoms with E-state index in [2.05, 4.69) is 15.9 Å². The Labute approximate surface area is 126 Å². The van der Waals surface area contributed by atoms with Crippen LogP contribution in [0.15, 0.2) is 21.5 Å². The second-order valence-electron chi connectivity index (χ2n) is 4.40. The van der Waals surface area contributed by atoms with Crippen LogP contribution in [0.1, 0.15) is 13.8 Å². The number of alkyl halides is 3. The molecule has 0 bridgehead atoms. The van der Waals surface area contributed by atoms with Gasteiger partial charge in [-0.25, -0.2) is 12.8 Å². The highest BCUT2D eigenvalue weighted by Crippen LogP contribution is 2.33. The standard InChI is InChI=1S/C10H9BrClF4NO2S/c1-9(2,10(14,15)16)17-20(18,19)6-4-3-5(11)7(12)8(6)13/h3-4,17H,1-2H3. The SMILES string of the molecule is CC(C)(NS(=O)(=O)c1ccc(Br)c(Cl)c1F)C(F)(F)F. The van der Waals surface area contributed by atoms with Gasteiger partial charge >= 0.3 is 6.18 Å². The Morgan fingerprint density at radius 2 is 1.75 bits per heavy atom. The average molecular weight is 399 g/mol. The van der Waals surface area contributed by atoms with Crippen LogP contribution in [0.25, 0.3) is 0 Å².